The molecular weight excluding hydrogens is 220 g/mol. The fraction of sp³-hybridized carbons (Fsp3) is 0.833. The van der Waals surface area contributed by atoms with Crippen molar-refractivity contribution in [1.82, 2.24) is 5.32 Å². The van der Waals surface area contributed by atoms with Crippen LogP contribution in [0.4, 0.5) is 0 Å². The first kappa shape index (κ1) is 14.0. The Morgan fingerprint density at radius 1 is 1.18 bits per heavy atom. The smallest absolute Gasteiger partial charge is 0.305 e. The van der Waals surface area contributed by atoms with E-state index in [2.05, 4.69) is 5.32 Å². The molecule has 0 unspecified atom stereocenters. The first-order valence-electron chi connectivity index (χ1n) is 6.31. The van der Waals surface area contributed by atoms with Gasteiger partial charge in [-0.2, -0.15) is 0 Å². The van der Waals surface area contributed by atoms with Crippen LogP contribution >= 0.6 is 0 Å². The van der Waals surface area contributed by atoms with Gasteiger partial charge in [-0.05, 0) is 12.8 Å². The Bertz CT molecular complexity index is 271. The number of hydrogen-bond donors (Lipinski definition) is 3. The number of rotatable bonds is 5. The molecule has 1 aliphatic rings. The minimum absolute atomic E-state index is 0.0353. The number of aliphatic carboxylic acids is 1. The molecule has 17 heavy (non-hydrogen) atoms. The predicted molar refractivity (Wildman–Crippen MR) is 64.5 cm³/mol. The first-order valence-corrected chi connectivity index (χ1v) is 6.31. The Balaban J connectivity index is 2.52. The van der Waals surface area contributed by atoms with Crippen molar-refractivity contribution < 1.29 is 14.7 Å². The molecule has 0 aliphatic heterocycles. The third-order valence-corrected chi connectivity index (χ3v) is 3.56. The molecule has 0 spiro atoms. The van der Waals surface area contributed by atoms with Crippen LogP contribution < -0.4 is 11.1 Å². The van der Waals surface area contributed by atoms with E-state index in [1.807, 2.05) is 0 Å². The van der Waals surface area contributed by atoms with E-state index >= 15 is 0 Å². The van der Waals surface area contributed by atoms with Crippen molar-refractivity contribution in [2.24, 2.45) is 11.1 Å². The van der Waals surface area contributed by atoms with Crippen molar-refractivity contribution in [3.05, 3.63) is 0 Å². The van der Waals surface area contributed by atoms with Crippen LogP contribution in [0, 0.1) is 5.41 Å². The normalized spacial score (nSPS) is 19.4. The molecule has 0 aromatic heterocycles. The van der Waals surface area contributed by atoms with Crippen molar-refractivity contribution in [3.8, 4) is 0 Å². The summed E-state index contributed by atoms with van der Waals surface area (Å²) in [5, 5.41) is 11.2. The van der Waals surface area contributed by atoms with Gasteiger partial charge in [0.1, 0.15) is 0 Å². The molecule has 5 nitrogen and oxygen atoms in total. The number of carbonyl (C=O) groups is 2. The summed E-state index contributed by atoms with van der Waals surface area (Å²) in [6.45, 7) is 0.543. The summed E-state index contributed by atoms with van der Waals surface area (Å²) in [6.07, 6.45) is 5.98. The summed E-state index contributed by atoms with van der Waals surface area (Å²) < 4.78 is 0. The number of carbonyl (C=O) groups excluding carboxylic acids is 1. The van der Waals surface area contributed by atoms with Gasteiger partial charge in [0.15, 0.2) is 0 Å². The van der Waals surface area contributed by atoms with Gasteiger partial charge in [-0.15, -0.1) is 0 Å². The van der Waals surface area contributed by atoms with Crippen molar-refractivity contribution in [1.29, 1.82) is 0 Å². The number of nitrogens with one attached hydrogen (secondary N) is 1. The highest BCUT2D eigenvalue weighted by molar-refractivity contribution is 5.83. The molecule has 0 bridgehead atoms. The third-order valence-electron chi connectivity index (χ3n) is 3.56. The molecule has 0 heterocycles. The largest absolute Gasteiger partial charge is 0.481 e. The number of carboxylic acids is 1. The summed E-state index contributed by atoms with van der Waals surface area (Å²) in [5.41, 5.74) is 5.30. The molecule has 0 saturated heterocycles. The molecule has 0 aromatic carbocycles. The fourth-order valence-corrected chi connectivity index (χ4v) is 2.40. The highest BCUT2D eigenvalue weighted by atomic mass is 16.4. The van der Waals surface area contributed by atoms with Gasteiger partial charge in [0.05, 0.1) is 11.8 Å². The van der Waals surface area contributed by atoms with E-state index < -0.39 is 11.4 Å². The summed E-state index contributed by atoms with van der Waals surface area (Å²) in [7, 11) is 0. The SMILES string of the molecule is NCC1(C(=O)NCCC(=O)O)CCCCCC1. The summed E-state index contributed by atoms with van der Waals surface area (Å²) in [6, 6.07) is 0. The summed E-state index contributed by atoms with van der Waals surface area (Å²) >= 11 is 0. The average molecular weight is 242 g/mol. The van der Waals surface area contributed by atoms with E-state index in [4.69, 9.17) is 10.8 Å². The molecule has 1 rings (SSSR count). The molecular formula is C12H22N2O3. The summed E-state index contributed by atoms with van der Waals surface area (Å²) in [5.74, 6) is -0.962. The summed E-state index contributed by atoms with van der Waals surface area (Å²) in [4.78, 5) is 22.5. The first-order chi connectivity index (χ1) is 8.10. The highest BCUT2D eigenvalue weighted by Crippen LogP contribution is 2.34. The Labute approximate surface area is 102 Å². The van der Waals surface area contributed by atoms with E-state index in [0.29, 0.717) is 6.54 Å². The van der Waals surface area contributed by atoms with Crippen molar-refractivity contribution >= 4 is 11.9 Å². The van der Waals surface area contributed by atoms with Gasteiger partial charge in [-0.3, -0.25) is 9.59 Å². The molecule has 0 atom stereocenters. The van der Waals surface area contributed by atoms with E-state index in [1.165, 1.54) is 0 Å². The third kappa shape index (κ3) is 4.00. The van der Waals surface area contributed by atoms with Gasteiger partial charge in [-0.1, -0.05) is 25.7 Å². The van der Waals surface area contributed by atoms with Gasteiger partial charge in [0.25, 0.3) is 0 Å². The van der Waals surface area contributed by atoms with Crippen LogP contribution in [0.25, 0.3) is 0 Å². The van der Waals surface area contributed by atoms with E-state index in [1.54, 1.807) is 0 Å². The molecule has 4 N–H and O–H groups in total. The molecule has 0 radical (unpaired) electrons. The standard InChI is InChI=1S/C12H22N2O3/c13-9-12(6-3-1-2-4-7-12)11(17)14-8-5-10(15)16/h1-9,13H2,(H,14,17)(H,15,16). The zero-order valence-electron chi connectivity index (χ0n) is 10.2. The van der Waals surface area contributed by atoms with Crippen molar-refractivity contribution in [2.75, 3.05) is 13.1 Å². The molecule has 1 fully saturated rings. The maximum atomic E-state index is 12.1. The van der Waals surface area contributed by atoms with Gasteiger partial charge >= 0.3 is 5.97 Å². The molecule has 98 valence electrons. The Kier molecular flexibility index (Phi) is 5.41. The van der Waals surface area contributed by atoms with Gasteiger partial charge in [0, 0.05) is 13.1 Å². The average Bonchev–Trinajstić information content (AvgIpc) is 2.54. The van der Waals surface area contributed by atoms with E-state index in [0.717, 1.165) is 38.5 Å². The lowest BCUT2D eigenvalue weighted by Gasteiger charge is -2.29. The molecule has 1 saturated carbocycles. The number of nitrogens with two attached hydrogens (primary N) is 1. The maximum Gasteiger partial charge on any atom is 0.305 e. The zero-order valence-corrected chi connectivity index (χ0v) is 10.2. The van der Waals surface area contributed by atoms with Crippen LogP contribution in [0.5, 0.6) is 0 Å². The molecule has 1 amide bonds. The highest BCUT2D eigenvalue weighted by Gasteiger charge is 2.36. The Morgan fingerprint density at radius 3 is 2.24 bits per heavy atom. The fourth-order valence-electron chi connectivity index (χ4n) is 2.40. The van der Waals surface area contributed by atoms with Crippen molar-refractivity contribution in [3.63, 3.8) is 0 Å². The minimum atomic E-state index is -0.895. The zero-order chi connectivity index (χ0) is 12.7. The van der Waals surface area contributed by atoms with Crippen LogP contribution in [-0.4, -0.2) is 30.1 Å². The van der Waals surface area contributed by atoms with Crippen LogP contribution in [0.2, 0.25) is 0 Å². The molecule has 1 aliphatic carbocycles. The topological polar surface area (TPSA) is 92.4 Å². The van der Waals surface area contributed by atoms with E-state index in [-0.39, 0.29) is 18.9 Å². The number of carboxylic acid groups (broad SMARTS) is 1. The van der Waals surface area contributed by atoms with Crippen molar-refractivity contribution in [2.45, 2.75) is 44.9 Å². The second-order valence-electron chi connectivity index (χ2n) is 4.80. The van der Waals surface area contributed by atoms with Gasteiger partial charge in [0.2, 0.25) is 5.91 Å². The van der Waals surface area contributed by atoms with Crippen LogP contribution in [0.1, 0.15) is 44.9 Å². The Morgan fingerprint density at radius 2 is 1.76 bits per heavy atom. The van der Waals surface area contributed by atoms with Crippen LogP contribution in [0.3, 0.4) is 0 Å². The lowest BCUT2D eigenvalue weighted by molar-refractivity contribution is -0.137. The lowest BCUT2D eigenvalue weighted by atomic mass is 9.79. The predicted octanol–water partition coefficient (Wildman–Crippen LogP) is 0.877. The van der Waals surface area contributed by atoms with E-state index in [9.17, 15) is 9.59 Å². The number of hydrogen-bond acceptors (Lipinski definition) is 3. The monoisotopic (exact) mass is 242 g/mol. The lowest BCUT2D eigenvalue weighted by Crippen LogP contribution is -2.46. The van der Waals surface area contributed by atoms with Crippen LogP contribution in [0.15, 0.2) is 0 Å². The quantitative estimate of drug-likeness (QED) is 0.624. The molecule has 0 aromatic rings. The number of amides is 1. The van der Waals surface area contributed by atoms with Crippen LogP contribution in [-0.2, 0) is 9.59 Å². The second kappa shape index (κ2) is 6.59. The second-order valence-corrected chi connectivity index (χ2v) is 4.80. The van der Waals surface area contributed by atoms with Gasteiger partial charge in [-0.25, -0.2) is 0 Å². The van der Waals surface area contributed by atoms with Gasteiger partial charge < -0.3 is 16.2 Å². The Hall–Kier alpha value is -1.10. The maximum absolute atomic E-state index is 12.1. The molecule has 5 heteroatoms. The minimum Gasteiger partial charge on any atom is -0.481 e.